The van der Waals surface area contributed by atoms with E-state index < -0.39 is 0 Å². The molecule has 1 aromatic carbocycles. The number of nitrogens with two attached hydrogens (primary N) is 1. The lowest BCUT2D eigenvalue weighted by atomic mass is 10.2. The highest BCUT2D eigenvalue weighted by Gasteiger charge is 2.07. The molecule has 12 heavy (non-hydrogen) atoms. The number of carbonyl (C=O) groups is 1. The van der Waals surface area contributed by atoms with Crippen LogP contribution >= 0.6 is 0 Å². The van der Waals surface area contributed by atoms with Crippen LogP contribution in [0.5, 0.6) is 11.5 Å². The molecule has 0 unspecified atom stereocenters. The van der Waals surface area contributed by atoms with Crippen molar-refractivity contribution in [1.29, 1.82) is 0 Å². The minimum Gasteiger partial charge on any atom is -0.504 e. The summed E-state index contributed by atoms with van der Waals surface area (Å²) in [4.78, 5) is 10.3. The fourth-order valence-electron chi connectivity index (χ4n) is 0.949. The molecule has 4 heteroatoms. The number of nitrogen functional groups attached to an aromatic ring is 1. The summed E-state index contributed by atoms with van der Waals surface area (Å²) in [5.41, 5.74) is 6.04. The Kier molecular flexibility index (Phi) is 2.19. The van der Waals surface area contributed by atoms with Gasteiger partial charge in [0.2, 0.25) is 0 Å². The maximum atomic E-state index is 10.3. The number of hydrogen-bond acceptors (Lipinski definition) is 4. The zero-order valence-corrected chi connectivity index (χ0v) is 6.57. The van der Waals surface area contributed by atoms with E-state index >= 15 is 0 Å². The average molecular weight is 167 g/mol. The zero-order chi connectivity index (χ0) is 9.14. The van der Waals surface area contributed by atoms with Gasteiger partial charge in [0.1, 0.15) is 6.29 Å². The highest BCUT2D eigenvalue weighted by atomic mass is 16.5. The number of aldehydes is 1. The van der Waals surface area contributed by atoms with Gasteiger partial charge < -0.3 is 15.6 Å². The van der Waals surface area contributed by atoms with Gasteiger partial charge in [-0.1, -0.05) is 0 Å². The van der Waals surface area contributed by atoms with E-state index in [4.69, 9.17) is 10.5 Å². The second-order valence-corrected chi connectivity index (χ2v) is 2.28. The number of methoxy groups -OCH3 is 1. The summed E-state index contributed by atoms with van der Waals surface area (Å²) in [6.07, 6.45) is 0.607. The fourth-order valence-corrected chi connectivity index (χ4v) is 0.949. The van der Waals surface area contributed by atoms with E-state index in [1.807, 2.05) is 0 Å². The van der Waals surface area contributed by atoms with Gasteiger partial charge in [0.05, 0.1) is 12.8 Å². The predicted molar refractivity (Wildman–Crippen MR) is 44.5 cm³/mol. The normalized spacial score (nSPS) is 9.42. The van der Waals surface area contributed by atoms with Crippen LogP contribution in [0.25, 0.3) is 0 Å². The van der Waals surface area contributed by atoms with Gasteiger partial charge in [0.25, 0.3) is 0 Å². The number of carbonyl (C=O) groups excluding carboxylic acids is 1. The van der Waals surface area contributed by atoms with Crippen LogP contribution in [0, 0.1) is 0 Å². The van der Waals surface area contributed by atoms with Gasteiger partial charge in [0, 0.05) is 5.56 Å². The Labute approximate surface area is 69.6 Å². The van der Waals surface area contributed by atoms with Gasteiger partial charge in [-0.25, -0.2) is 0 Å². The summed E-state index contributed by atoms with van der Waals surface area (Å²) in [6, 6.07) is 2.73. The lowest BCUT2D eigenvalue weighted by Gasteiger charge is -2.06. The molecule has 1 aromatic rings. The molecule has 3 N–H and O–H groups in total. The smallest absolute Gasteiger partial charge is 0.183 e. The second kappa shape index (κ2) is 3.13. The third-order valence-corrected chi connectivity index (χ3v) is 1.46. The molecule has 0 aliphatic carbocycles. The summed E-state index contributed by atoms with van der Waals surface area (Å²) >= 11 is 0. The van der Waals surface area contributed by atoms with Gasteiger partial charge in [0.15, 0.2) is 11.5 Å². The molecule has 4 nitrogen and oxygen atoms in total. The molecule has 0 heterocycles. The number of phenolic OH excluding ortho intramolecular Hbond substituents is 1. The Hall–Kier alpha value is -1.71. The number of hydrogen-bond donors (Lipinski definition) is 2. The van der Waals surface area contributed by atoms with Crippen molar-refractivity contribution in [2.75, 3.05) is 12.8 Å². The van der Waals surface area contributed by atoms with Crippen LogP contribution in [-0.2, 0) is 0 Å². The van der Waals surface area contributed by atoms with E-state index in [0.717, 1.165) is 0 Å². The molecular weight excluding hydrogens is 158 g/mol. The van der Waals surface area contributed by atoms with Crippen LogP contribution in [0.3, 0.4) is 0 Å². The van der Waals surface area contributed by atoms with E-state index in [2.05, 4.69) is 0 Å². The van der Waals surface area contributed by atoms with Crippen LogP contribution in [-0.4, -0.2) is 18.5 Å². The largest absolute Gasteiger partial charge is 0.504 e. The maximum absolute atomic E-state index is 10.3. The molecule has 1 rings (SSSR count). The summed E-state index contributed by atoms with van der Waals surface area (Å²) in [5, 5.41) is 9.24. The Morgan fingerprint density at radius 1 is 1.58 bits per heavy atom. The Morgan fingerprint density at radius 2 is 2.25 bits per heavy atom. The first-order valence-corrected chi connectivity index (χ1v) is 3.30. The van der Waals surface area contributed by atoms with Crippen molar-refractivity contribution in [2.45, 2.75) is 0 Å². The molecule has 0 saturated heterocycles. The quantitative estimate of drug-likeness (QED) is 0.504. The molecule has 0 amide bonds. The van der Waals surface area contributed by atoms with Crippen molar-refractivity contribution < 1.29 is 14.6 Å². The summed E-state index contributed by atoms with van der Waals surface area (Å²) in [5.74, 6) is 0.0696. The summed E-state index contributed by atoms with van der Waals surface area (Å²) < 4.78 is 4.78. The van der Waals surface area contributed by atoms with Crippen molar-refractivity contribution in [1.82, 2.24) is 0 Å². The summed E-state index contributed by atoms with van der Waals surface area (Å²) in [6.45, 7) is 0. The molecule has 0 atom stereocenters. The number of ether oxygens (including phenoxy) is 1. The Balaban J connectivity index is 3.27. The lowest BCUT2D eigenvalue weighted by Crippen LogP contribution is -1.94. The number of aromatic hydroxyl groups is 1. The lowest BCUT2D eigenvalue weighted by molar-refractivity contribution is 0.112. The first-order valence-electron chi connectivity index (χ1n) is 3.30. The van der Waals surface area contributed by atoms with Gasteiger partial charge in [-0.2, -0.15) is 0 Å². The molecule has 0 radical (unpaired) electrons. The monoisotopic (exact) mass is 167 g/mol. The van der Waals surface area contributed by atoms with E-state index in [-0.39, 0.29) is 17.2 Å². The molecule has 64 valence electrons. The minimum absolute atomic E-state index is 0.125. The fraction of sp³-hybridized carbons (Fsp3) is 0.125. The number of benzene rings is 1. The van der Waals surface area contributed by atoms with Crippen molar-refractivity contribution in [2.24, 2.45) is 0 Å². The minimum atomic E-state index is -0.125. The molecule has 0 aliphatic heterocycles. The van der Waals surface area contributed by atoms with E-state index in [9.17, 15) is 9.90 Å². The van der Waals surface area contributed by atoms with Crippen molar-refractivity contribution in [3.8, 4) is 11.5 Å². The third kappa shape index (κ3) is 1.32. The average Bonchev–Trinajstić information content (AvgIpc) is 2.03. The summed E-state index contributed by atoms with van der Waals surface area (Å²) in [7, 11) is 1.39. The maximum Gasteiger partial charge on any atom is 0.183 e. The molecule has 0 spiro atoms. The van der Waals surface area contributed by atoms with Gasteiger partial charge in [-0.05, 0) is 12.1 Å². The van der Waals surface area contributed by atoms with Crippen LogP contribution in [0.4, 0.5) is 5.69 Å². The molecule has 0 aliphatic rings. The van der Waals surface area contributed by atoms with Gasteiger partial charge in [-0.15, -0.1) is 0 Å². The molecule has 0 bridgehead atoms. The van der Waals surface area contributed by atoms with Gasteiger partial charge >= 0.3 is 0 Å². The van der Waals surface area contributed by atoms with E-state index in [0.29, 0.717) is 11.8 Å². The SMILES string of the molecule is COc1c(N)cc(C=O)cc1O. The second-order valence-electron chi connectivity index (χ2n) is 2.28. The number of anilines is 1. The predicted octanol–water partition coefficient (Wildman–Crippen LogP) is 0.796. The van der Waals surface area contributed by atoms with Crippen molar-refractivity contribution in [3.05, 3.63) is 17.7 Å². The Morgan fingerprint density at radius 3 is 2.67 bits per heavy atom. The van der Waals surface area contributed by atoms with Gasteiger partial charge in [-0.3, -0.25) is 4.79 Å². The van der Waals surface area contributed by atoms with Crippen LogP contribution in [0.15, 0.2) is 12.1 Å². The van der Waals surface area contributed by atoms with Crippen LogP contribution in [0.2, 0.25) is 0 Å². The van der Waals surface area contributed by atoms with Crippen molar-refractivity contribution in [3.63, 3.8) is 0 Å². The standard InChI is InChI=1S/C8H9NO3/c1-12-8-6(9)2-5(4-10)3-7(8)11/h2-4,11H,9H2,1H3. The first-order chi connectivity index (χ1) is 5.69. The third-order valence-electron chi connectivity index (χ3n) is 1.46. The Bertz CT molecular complexity index is 286. The molecule has 0 fully saturated rings. The van der Waals surface area contributed by atoms with Crippen molar-refractivity contribution >= 4 is 12.0 Å². The topological polar surface area (TPSA) is 72.5 Å². The van der Waals surface area contributed by atoms with E-state index in [1.165, 1.54) is 19.2 Å². The van der Waals surface area contributed by atoms with Crippen LogP contribution in [0.1, 0.15) is 10.4 Å². The highest BCUT2D eigenvalue weighted by molar-refractivity contribution is 5.80. The van der Waals surface area contributed by atoms with E-state index in [1.54, 1.807) is 0 Å². The van der Waals surface area contributed by atoms with Crippen LogP contribution < -0.4 is 10.5 Å². The number of phenols is 1. The molecule has 0 saturated carbocycles. The molecular formula is C8H9NO3. The number of rotatable bonds is 2. The highest BCUT2D eigenvalue weighted by Crippen LogP contribution is 2.32. The molecule has 0 aromatic heterocycles. The first kappa shape index (κ1) is 8.39. The zero-order valence-electron chi connectivity index (χ0n) is 6.57.